The number of furan rings is 1. The maximum absolute atomic E-state index is 5.73. The van der Waals surface area contributed by atoms with Gasteiger partial charge in [-0.2, -0.15) is 0 Å². The molecule has 0 aliphatic rings. The Morgan fingerprint density at radius 1 is 1.46 bits per heavy atom. The van der Waals surface area contributed by atoms with Gasteiger partial charge in [0.1, 0.15) is 11.5 Å². The highest BCUT2D eigenvalue weighted by molar-refractivity contribution is 5.23. The number of nitrogens with two attached hydrogens (primary N) is 1. The molecule has 0 aliphatic heterocycles. The van der Waals surface area contributed by atoms with Gasteiger partial charge in [0.25, 0.3) is 0 Å². The smallest absolute Gasteiger partial charge is 0.108 e. The van der Waals surface area contributed by atoms with Crippen LogP contribution in [-0.4, -0.2) is 0 Å². The van der Waals surface area contributed by atoms with Crippen LogP contribution in [0.1, 0.15) is 50.2 Å². The van der Waals surface area contributed by atoms with Crippen LogP contribution in [-0.2, 0) is 13.0 Å². The molecule has 0 saturated carbocycles. The molecule has 0 fully saturated rings. The van der Waals surface area contributed by atoms with Crippen LogP contribution >= 0.6 is 0 Å². The number of rotatable bonds is 4. The summed E-state index contributed by atoms with van der Waals surface area (Å²) in [6.07, 6.45) is 2.05. The molecule has 1 rings (SSSR count). The van der Waals surface area contributed by atoms with Crippen molar-refractivity contribution < 1.29 is 4.42 Å². The second-order valence-electron chi connectivity index (χ2n) is 3.46. The van der Waals surface area contributed by atoms with Gasteiger partial charge in [-0.25, -0.2) is 0 Å². The van der Waals surface area contributed by atoms with Crippen LogP contribution in [0.4, 0.5) is 0 Å². The van der Waals surface area contributed by atoms with E-state index in [2.05, 4.69) is 26.8 Å². The van der Waals surface area contributed by atoms with Crippen LogP contribution in [0.3, 0.4) is 0 Å². The normalized spacial score (nSPS) is 13.2. The van der Waals surface area contributed by atoms with E-state index >= 15 is 0 Å². The molecule has 1 aromatic rings. The zero-order valence-electron chi connectivity index (χ0n) is 8.76. The molecular formula is C11H19NO. The summed E-state index contributed by atoms with van der Waals surface area (Å²) < 4.78 is 5.73. The minimum absolute atomic E-state index is 0.505. The first kappa shape index (κ1) is 10.3. The summed E-state index contributed by atoms with van der Waals surface area (Å²) in [6, 6.07) is 2.10. The highest BCUT2D eigenvalue weighted by Gasteiger charge is 2.12. The van der Waals surface area contributed by atoms with Gasteiger partial charge in [-0.3, -0.25) is 0 Å². The van der Waals surface area contributed by atoms with Crippen LogP contribution in [0.25, 0.3) is 0 Å². The van der Waals surface area contributed by atoms with Crippen molar-refractivity contribution in [3.05, 3.63) is 23.2 Å². The highest BCUT2D eigenvalue weighted by atomic mass is 16.3. The van der Waals surface area contributed by atoms with Gasteiger partial charge in [0.2, 0.25) is 0 Å². The average Bonchev–Trinajstić information content (AvgIpc) is 2.59. The van der Waals surface area contributed by atoms with Crippen molar-refractivity contribution in [1.29, 1.82) is 0 Å². The molecule has 13 heavy (non-hydrogen) atoms. The van der Waals surface area contributed by atoms with Gasteiger partial charge in [0.05, 0.1) is 0 Å². The van der Waals surface area contributed by atoms with Gasteiger partial charge in [-0.1, -0.05) is 20.8 Å². The van der Waals surface area contributed by atoms with Crippen molar-refractivity contribution in [2.75, 3.05) is 0 Å². The lowest BCUT2D eigenvalue weighted by Crippen LogP contribution is -1.97. The Kier molecular flexibility index (Phi) is 3.55. The van der Waals surface area contributed by atoms with Crippen molar-refractivity contribution in [3.8, 4) is 0 Å². The molecule has 0 bridgehead atoms. The third kappa shape index (κ3) is 2.13. The predicted molar refractivity (Wildman–Crippen MR) is 54.7 cm³/mol. The maximum Gasteiger partial charge on any atom is 0.108 e. The van der Waals surface area contributed by atoms with E-state index in [0.717, 1.165) is 29.9 Å². The molecule has 2 nitrogen and oxygen atoms in total. The monoisotopic (exact) mass is 181 g/mol. The SMILES string of the molecule is CCc1oc(C(C)CC)cc1CN. The van der Waals surface area contributed by atoms with Crippen molar-refractivity contribution in [2.24, 2.45) is 5.73 Å². The summed E-state index contributed by atoms with van der Waals surface area (Å²) >= 11 is 0. The minimum Gasteiger partial charge on any atom is -0.465 e. The van der Waals surface area contributed by atoms with Crippen molar-refractivity contribution >= 4 is 0 Å². The third-order valence-electron chi connectivity index (χ3n) is 2.55. The zero-order valence-corrected chi connectivity index (χ0v) is 8.76. The lowest BCUT2D eigenvalue weighted by atomic mass is 10.1. The standard InChI is InChI=1S/C11H19NO/c1-4-8(3)11-6-9(7-12)10(5-2)13-11/h6,8H,4-5,7,12H2,1-3H3. The molecule has 2 heteroatoms. The van der Waals surface area contributed by atoms with E-state index in [0.29, 0.717) is 12.5 Å². The van der Waals surface area contributed by atoms with E-state index in [4.69, 9.17) is 10.2 Å². The van der Waals surface area contributed by atoms with Gasteiger partial charge in [0, 0.05) is 24.4 Å². The largest absolute Gasteiger partial charge is 0.465 e. The summed E-state index contributed by atoms with van der Waals surface area (Å²) in [6.45, 7) is 7.03. The molecule has 0 radical (unpaired) electrons. The van der Waals surface area contributed by atoms with Crippen LogP contribution < -0.4 is 5.73 Å². The summed E-state index contributed by atoms with van der Waals surface area (Å²) in [5.41, 5.74) is 6.79. The topological polar surface area (TPSA) is 39.2 Å². The van der Waals surface area contributed by atoms with Gasteiger partial charge in [-0.15, -0.1) is 0 Å². The molecule has 1 aromatic heterocycles. The summed E-state index contributed by atoms with van der Waals surface area (Å²) in [5.74, 6) is 2.64. The number of aryl methyl sites for hydroxylation is 1. The molecule has 0 aliphatic carbocycles. The first-order valence-corrected chi connectivity index (χ1v) is 5.04. The van der Waals surface area contributed by atoms with Crippen molar-refractivity contribution in [1.82, 2.24) is 0 Å². The molecule has 1 unspecified atom stereocenters. The van der Waals surface area contributed by atoms with Crippen LogP contribution in [0.15, 0.2) is 10.5 Å². The summed E-state index contributed by atoms with van der Waals surface area (Å²) in [4.78, 5) is 0. The minimum atomic E-state index is 0.505. The molecule has 74 valence electrons. The molecule has 1 heterocycles. The zero-order chi connectivity index (χ0) is 9.84. The molecule has 0 spiro atoms. The quantitative estimate of drug-likeness (QED) is 0.775. The van der Waals surface area contributed by atoms with E-state index in [-0.39, 0.29) is 0 Å². The van der Waals surface area contributed by atoms with Crippen molar-refractivity contribution in [2.45, 2.75) is 46.1 Å². The van der Waals surface area contributed by atoms with Gasteiger partial charge < -0.3 is 10.2 Å². The summed E-state index contributed by atoms with van der Waals surface area (Å²) in [7, 11) is 0. The number of hydrogen-bond acceptors (Lipinski definition) is 2. The van der Waals surface area contributed by atoms with E-state index in [1.54, 1.807) is 0 Å². The van der Waals surface area contributed by atoms with E-state index in [1.807, 2.05) is 0 Å². The Morgan fingerprint density at radius 3 is 2.54 bits per heavy atom. The van der Waals surface area contributed by atoms with E-state index in [1.165, 1.54) is 0 Å². The lowest BCUT2D eigenvalue weighted by molar-refractivity contribution is 0.436. The van der Waals surface area contributed by atoms with Gasteiger partial charge in [-0.05, 0) is 12.5 Å². The molecule has 0 aromatic carbocycles. The Balaban J connectivity index is 2.92. The Hall–Kier alpha value is -0.760. The third-order valence-corrected chi connectivity index (χ3v) is 2.55. The van der Waals surface area contributed by atoms with E-state index < -0.39 is 0 Å². The molecule has 1 atom stereocenters. The predicted octanol–water partition coefficient (Wildman–Crippen LogP) is 2.81. The fourth-order valence-corrected chi connectivity index (χ4v) is 1.41. The highest BCUT2D eigenvalue weighted by Crippen LogP contribution is 2.24. The second kappa shape index (κ2) is 4.47. The van der Waals surface area contributed by atoms with E-state index in [9.17, 15) is 0 Å². The van der Waals surface area contributed by atoms with Crippen LogP contribution in [0.2, 0.25) is 0 Å². The fraction of sp³-hybridized carbons (Fsp3) is 0.636. The summed E-state index contributed by atoms with van der Waals surface area (Å²) in [5, 5.41) is 0. The maximum atomic E-state index is 5.73. The molecule has 0 amide bonds. The Morgan fingerprint density at radius 2 is 2.15 bits per heavy atom. The average molecular weight is 181 g/mol. The molecular weight excluding hydrogens is 162 g/mol. The second-order valence-corrected chi connectivity index (χ2v) is 3.46. The fourth-order valence-electron chi connectivity index (χ4n) is 1.41. The van der Waals surface area contributed by atoms with Crippen LogP contribution in [0, 0.1) is 0 Å². The number of hydrogen-bond donors (Lipinski definition) is 1. The Labute approximate surface area is 80.1 Å². The molecule has 0 saturated heterocycles. The Bertz CT molecular complexity index is 244. The first-order chi connectivity index (χ1) is 6.22. The first-order valence-electron chi connectivity index (χ1n) is 5.04. The van der Waals surface area contributed by atoms with Crippen molar-refractivity contribution in [3.63, 3.8) is 0 Å². The van der Waals surface area contributed by atoms with Gasteiger partial charge >= 0.3 is 0 Å². The molecule has 2 N–H and O–H groups in total. The van der Waals surface area contributed by atoms with Crippen LogP contribution in [0.5, 0.6) is 0 Å². The lowest BCUT2D eigenvalue weighted by Gasteiger charge is -2.02. The van der Waals surface area contributed by atoms with Gasteiger partial charge in [0.15, 0.2) is 0 Å².